The number of carbonyl (C=O) groups is 3. The van der Waals surface area contributed by atoms with E-state index in [0.717, 1.165) is 5.56 Å². The summed E-state index contributed by atoms with van der Waals surface area (Å²) in [7, 11) is 1.92. The molecule has 0 radical (unpaired) electrons. The minimum atomic E-state index is -1.01. The number of likely N-dealkylation sites (N-methyl/N-ethyl adjacent to an activating group) is 1. The van der Waals surface area contributed by atoms with E-state index in [-0.39, 0.29) is 24.3 Å². The predicted molar refractivity (Wildman–Crippen MR) is 107 cm³/mol. The van der Waals surface area contributed by atoms with E-state index in [1.165, 1.54) is 4.90 Å². The van der Waals surface area contributed by atoms with Crippen molar-refractivity contribution in [3.05, 3.63) is 35.9 Å². The predicted octanol–water partition coefficient (Wildman–Crippen LogP) is 1.33. The number of hydrogen-bond donors (Lipinski definition) is 1. The standard InChI is InChI=1S/C21H31N3O4/c1-17(15-18-7-4-3-5-8-18)21(28)23-10-6-11-24(16-20(26)27)19(25)9-12-22(2)13-14-23/h3-5,7-8,17H,6,9-16H2,1-2H3,(H,26,27). The topological polar surface area (TPSA) is 81.2 Å². The van der Waals surface area contributed by atoms with E-state index in [1.54, 1.807) is 0 Å². The molecule has 1 saturated heterocycles. The molecule has 7 nitrogen and oxygen atoms in total. The maximum absolute atomic E-state index is 13.0. The normalized spacial score (nSPS) is 18.4. The molecule has 7 heteroatoms. The number of amides is 2. The Kier molecular flexibility index (Phi) is 8.44. The van der Waals surface area contributed by atoms with Crippen LogP contribution in [0.2, 0.25) is 0 Å². The first-order valence-corrected chi connectivity index (χ1v) is 9.87. The molecule has 0 aliphatic carbocycles. The summed E-state index contributed by atoms with van der Waals surface area (Å²) in [5.41, 5.74) is 1.14. The zero-order chi connectivity index (χ0) is 20.5. The highest BCUT2D eigenvalue weighted by molar-refractivity contribution is 5.81. The Morgan fingerprint density at radius 3 is 2.46 bits per heavy atom. The minimum absolute atomic E-state index is 0.104. The molecule has 0 spiro atoms. The van der Waals surface area contributed by atoms with Gasteiger partial charge >= 0.3 is 5.97 Å². The van der Waals surface area contributed by atoms with Gasteiger partial charge in [-0.25, -0.2) is 0 Å². The summed E-state index contributed by atoms with van der Waals surface area (Å²) in [6.07, 6.45) is 1.56. The van der Waals surface area contributed by atoms with Crippen LogP contribution in [0.5, 0.6) is 0 Å². The highest BCUT2D eigenvalue weighted by atomic mass is 16.4. The molecular weight excluding hydrogens is 358 g/mol. The first-order valence-electron chi connectivity index (χ1n) is 9.87. The number of benzene rings is 1. The van der Waals surface area contributed by atoms with Crippen LogP contribution in [-0.2, 0) is 20.8 Å². The maximum atomic E-state index is 13.0. The number of rotatable bonds is 5. The van der Waals surface area contributed by atoms with Crippen LogP contribution in [0.1, 0.15) is 25.3 Å². The molecule has 1 aromatic carbocycles. The van der Waals surface area contributed by atoms with Gasteiger partial charge < -0.3 is 19.8 Å². The fourth-order valence-electron chi connectivity index (χ4n) is 3.45. The third kappa shape index (κ3) is 6.96. The van der Waals surface area contributed by atoms with Crippen molar-refractivity contribution in [2.24, 2.45) is 5.92 Å². The Labute approximate surface area is 166 Å². The number of carbonyl (C=O) groups excluding carboxylic acids is 2. The monoisotopic (exact) mass is 389 g/mol. The Hall–Kier alpha value is -2.41. The van der Waals surface area contributed by atoms with Gasteiger partial charge in [0, 0.05) is 45.1 Å². The molecule has 2 amide bonds. The van der Waals surface area contributed by atoms with Crippen LogP contribution in [0.25, 0.3) is 0 Å². The van der Waals surface area contributed by atoms with Gasteiger partial charge in [0.15, 0.2) is 0 Å². The van der Waals surface area contributed by atoms with E-state index in [1.807, 2.05) is 54.1 Å². The molecule has 0 aromatic heterocycles. The summed E-state index contributed by atoms with van der Waals surface area (Å²) < 4.78 is 0. The second kappa shape index (κ2) is 10.8. The average molecular weight is 389 g/mol. The van der Waals surface area contributed by atoms with Gasteiger partial charge in [0.1, 0.15) is 6.54 Å². The smallest absolute Gasteiger partial charge is 0.323 e. The van der Waals surface area contributed by atoms with Crippen LogP contribution in [0, 0.1) is 5.92 Å². The van der Waals surface area contributed by atoms with E-state index in [4.69, 9.17) is 5.11 Å². The SMILES string of the molecule is CC(Cc1ccccc1)C(=O)N1CCCN(CC(=O)O)C(=O)CCN(C)CC1. The zero-order valence-corrected chi connectivity index (χ0v) is 16.8. The van der Waals surface area contributed by atoms with Gasteiger partial charge in [0.05, 0.1) is 0 Å². The molecule has 0 saturated carbocycles. The number of nitrogens with zero attached hydrogens (tertiary/aromatic N) is 3. The fraction of sp³-hybridized carbons (Fsp3) is 0.571. The van der Waals surface area contributed by atoms with E-state index in [2.05, 4.69) is 0 Å². The summed E-state index contributed by atoms with van der Waals surface area (Å²) >= 11 is 0. The molecule has 1 aliphatic rings. The quantitative estimate of drug-likeness (QED) is 0.822. The van der Waals surface area contributed by atoms with Crippen molar-refractivity contribution in [2.45, 2.75) is 26.2 Å². The van der Waals surface area contributed by atoms with Crippen molar-refractivity contribution in [3.63, 3.8) is 0 Å². The highest BCUT2D eigenvalue weighted by Gasteiger charge is 2.23. The zero-order valence-electron chi connectivity index (χ0n) is 16.8. The van der Waals surface area contributed by atoms with Crippen molar-refractivity contribution < 1.29 is 19.5 Å². The Morgan fingerprint density at radius 1 is 1.07 bits per heavy atom. The van der Waals surface area contributed by atoms with E-state index in [9.17, 15) is 14.4 Å². The Morgan fingerprint density at radius 2 is 1.79 bits per heavy atom. The summed E-state index contributed by atoms with van der Waals surface area (Å²) in [4.78, 5) is 41.7. The van der Waals surface area contributed by atoms with Crippen molar-refractivity contribution >= 4 is 17.8 Å². The van der Waals surface area contributed by atoms with Crippen molar-refractivity contribution in [3.8, 4) is 0 Å². The summed E-state index contributed by atoms with van der Waals surface area (Å²) in [6, 6.07) is 9.97. The molecule has 154 valence electrons. The molecule has 1 heterocycles. The Balaban J connectivity index is 2.03. The van der Waals surface area contributed by atoms with Gasteiger partial charge in [0.25, 0.3) is 0 Å². The third-order valence-corrected chi connectivity index (χ3v) is 5.11. The van der Waals surface area contributed by atoms with E-state index < -0.39 is 5.97 Å². The molecule has 2 rings (SSSR count). The van der Waals surface area contributed by atoms with Gasteiger partial charge in [0.2, 0.25) is 11.8 Å². The van der Waals surface area contributed by atoms with Crippen LogP contribution in [0.3, 0.4) is 0 Å². The van der Waals surface area contributed by atoms with Crippen LogP contribution in [-0.4, -0.2) is 83.9 Å². The molecule has 1 unspecified atom stereocenters. The molecule has 0 bridgehead atoms. The first kappa shape index (κ1) is 21.9. The van der Waals surface area contributed by atoms with Gasteiger partial charge in [-0.2, -0.15) is 0 Å². The molecule has 1 N–H and O–H groups in total. The van der Waals surface area contributed by atoms with Gasteiger partial charge in [-0.1, -0.05) is 37.3 Å². The fourth-order valence-corrected chi connectivity index (χ4v) is 3.45. The van der Waals surface area contributed by atoms with Crippen LogP contribution in [0.15, 0.2) is 30.3 Å². The number of carboxylic acids is 1. The number of carboxylic acid groups (broad SMARTS) is 1. The van der Waals surface area contributed by atoms with E-state index in [0.29, 0.717) is 52.0 Å². The molecule has 28 heavy (non-hydrogen) atoms. The van der Waals surface area contributed by atoms with Crippen molar-refractivity contribution in [2.75, 3.05) is 46.3 Å². The average Bonchev–Trinajstić information content (AvgIpc) is 2.69. The first-order chi connectivity index (χ1) is 13.4. The number of hydrogen-bond acceptors (Lipinski definition) is 4. The maximum Gasteiger partial charge on any atom is 0.323 e. The molecule has 1 aliphatic heterocycles. The van der Waals surface area contributed by atoms with Gasteiger partial charge in [-0.15, -0.1) is 0 Å². The highest BCUT2D eigenvalue weighted by Crippen LogP contribution is 2.13. The third-order valence-electron chi connectivity index (χ3n) is 5.11. The Bertz CT molecular complexity index is 665. The summed E-state index contributed by atoms with van der Waals surface area (Å²) in [5.74, 6) is -1.19. The van der Waals surface area contributed by atoms with Crippen molar-refractivity contribution in [1.29, 1.82) is 0 Å². The molecule has 1 aromatic rings. The lowest BCUT2D eigenvalue weighted by Gasteiger charge is -2.28. The second-order valence-corrected chi connectivity index (χ2v) is 7.53. The number of aliphatic carboxylic acids is 1. The lowest BCUT2D eigenvalue weighted by Crippen LogP contribution is -2.41. The summed E-state index contributed by atoms with van der Waals surface area (Å²) in [5, 5.41) is 9.06. The van der Waals surface area contributed by atoms with E-state index >= 15 is 0 Å². The second-order valence-electron chi connectivity index (χ2n) is 7.53. The lowest BCUT2D eigenvalue weighted by atomic mass is 9.99. The van der Waals surface area contributed by atoms with Crippen LogP contribution >= 0.6 is 0 Å². The largest absolute Gasteiger partial charge is 0.480 e. The summed E-state index contributed by atoms with van der Waals surface area (Å²) in [6.45, 7) is 4.39. The van der Waals surface area contributed by atoms with Crippen LogP contribution in [0.4, 0.5) is 0 Å². The molecule has 1 fully saturated rings. The molecular formula is C21H31N3O4. The van der Waals surface area contributed by atoms with Crippen LogP contribution < -0.4 is 0 Å². The van der Waals surface area contributed by atoms with Gasteiger partial charge in [-0.05, 0) is 25.5 Å². The minimum Gasteiger partial charge on any atom is -0.480 e. The molecule has 1 atom stereocenters. The lowest BCUT2D eigenvalue weighted by molar-refractivity contribution is -0.144. The van der Waals surface area contributed by atoms with Crippen molar-refractivity contribution in [1.82, 2.24) is 14.7 Å². The van der Waals surface area contributed by atoms with Gasteiger partial charge in [-0.3, -0.25) is 14.4 Å².